The summed E-state index contributed by atoms with van der Waals surface area (Å²) in [6.07, 6.45) is -1.11. The van der Waals surface area contributed by atoms with Crippen LogP contribution in [0.15, 0.2) is 53.8 Å². The summed E-state index contributed by atoms with van der Waals surface area (Å²) in [4.78, 5) is 34.5. The van der Waals surface area contributed by atoms with Crippen LogP contribution in [0.25, 0.3) is 33.5 Å². The van der Waals surface area contributed by atoms with Crippen molar-refractivity contribution in [2.24, 2.45) is 0 Å². The van der Waals surface area contributed by atoms with E-state index in [2.05, 4.69) is 20.6 Å². The number of hydrogen-bond donors (Lipinski definition) is 3. The highest BCUT2D eigenvalue weighted by Gasteiger charge is 2.26. The molecule has 3 N–H and O–H groups in total. The van der Waals surface area contributed by atoms with Gasteiger partial charge in [-0.25, -0.2) is 4.98 Å². The second kappa shape index (κ2) is 12.0. The molecule has 0 fully saturated rings. The fourth-order valence-electron chi connectivity index (χ4n) is 4.42. The van der Waals surface area contributed by atoms with Crippen molar-refractivity contribution in [2.45, 2.75) is 34.0 Å². The summed E-state index contributed by atoms with van der Waals surface area (Å²) in [5.41, 5.74) is 3.72. The number of rotatable bonds is 10. The smallest absolute Gasteiger partial charge is 0.256 e. The first-order chi connectivity index (χ1) is 24.8. The number of thiazole rings is 1. The summed E-state index contributed by atoms with van der Waals surface area (Å²) in [5, 5.41) is 7.25. The van der Waals surface area contributed by atoms with Gasteiger partial charge in [0.1, 0.15) is 5.01 Å². The van der Waals surface area contributed by atoms with Crippen LogP contribution in [0.1, 0.15) is 72.2 Å². The predicted octanol–water partition coefficient (Wildman–Crippen LogP) is 6.38. The Morgan fingerprint density at radius 2 is 2.08 bits per heavy atom. The average Bonchev–Trinajstić information content (AvgIpc) is 3.75. The third-order valence-electron chi connectivity index (χ3n) is 6.31. The van der Waals surface area contributed by atoms with Crippen molar-refractivity contribution in [2.75, 3.05) is 31.4 Å². The Balaban J connectivity index is 1.41. The Hall–Kier alpha value is -4.01. The highest BCUT2D eigenvalue weighted by atomic mass is 32.1. The normalized spacial score (nSPS) is 20.1. The predicted molar refractivity (Wildman–Crippen MR) is 164 cm³/mol. The van der Waals surface area contributed by atoms with Crippen LogP contribution in [0, 0.1) is 13.8 Å². The van der Waals surface area contributed by atoms with Crippen LogP contribution in [0.5, 0.6) is 0 Å². The molecule has 2 aromatic heterocycles. The molecule has 0 spiro atoms. The second-order valence-corrected chi connectivity index (χ2v) is 9.71. The molecule has 0 atom stereocenters. The van der Waals surface area contributed by atoms with Crippen molar-refractivity contribution in [3.05, 3.63) is 81.9 Å². The van der Waals surface area contributed by atoms with E-state index in [1.165, 1.54) is 0 Å². The molecule has 2 aromatic carbocycles. The van der Waals surface area contributed by atoms with E-state index < -0.39 is 69.2 Å². The number of benzene rings is 2. The lowest BCUT2D eigenvalue weighted by Gasteiger charge is -2.19. The van der Waals surface area contributed by atoms with Gasteiger partial charge in [0.15, 0.2) is 0 Å². The van der Waals surface area contributed by atoms with Crippen LogP contribution >= 0.6 is 11.3 Å². The largest absolute Gasteiger partial charge is 0.358 e. The van der Waals surface area contributed by atoms with Crippen LogP contribution in [0.3, 0.4) is 0 Å². The van der Waals surface area contributed by atoms with Gasteiger partial charge in [-0.1, -0.05) is 50.1 Å². The Morgan fingerprint density at radius 1 is 1.25 bits per heavy atom. The molecule has 0 unspecified atom stereocenters. The standard InChI is InChI=1S/C32H35N5O2S/c1-5-15-37(6-2)16-14-33-31(39)29-20(3)27(34-21(29)4)18-25-24-17-23(12-13-26(24)35-30(25)38)28-19-40-32(36-28)22-10-8-7-9-11-22/h7-13,17-19,34H,5-6,14-16H2,1-4H3,(H,33,39)(H,35,38)/b25-18-/i2D3,5D2,6D2,7D,8D,9D,10D,11D,15D2. The monoisotopic (exact) mass is 567 g/mol. The van der Waals surface area contributed by atoms with E-state index in [1.54, 1.807) is 43.5 Å². The number of amides is 2. The number of nitrogens with one attached hydrogen (secondary N) is 3. The zero-order valence-electron chi connectivity index (χ0n) is 35.9. The zero-order chi connectivity index (χ0) is 40.5. The molecule has 0 saturated heterocycles. The maximum Gasteiger partial charge on any atom is 0.256 e. The molecule has 8 heteroatoms. The molecule has 1 aliphatic heterocycles. The molecule has 7 nitrogen and oxygen atoms in total. The van der Waals surface area contributed by atoms with E-state index in [1.807, 2.05) is 0 Å². The summed E-state index contributed by atoms with van der Waals surface area (Å²) in [6, 6.07) is 2.93. The minimum atomic E-state index is -3.34. The first-order valence-electron chi connectivity index (χ1n) is 19.3. The molecule has 5 rings (SSSR count). The maximum atomic E-state index is 13.4. The van der Waals surface area contributed by atoms with Gasteiger partial charge in [0.05, 0.1) is 23.7 Å². The number of carbonyl (C=O) groups is 2. The molecule has 40 heavy (non-hydrogen) atoms. The average molecular weight is 568 g/mol. The number of H-pyrrole nitrogens is 1. The fourth-order valence-corrected chi connectivity index (χ4v) is 5.20. The SMILES string of the molecule is [2H]c1c([2H])c([2H])c(-c2nc(-c3ccc4c(c3)/C(=C/c3[nH]c(C)c(C(=O)NCCN(C([2H])([2H])C([2H])([2H])[2H])C([2H])([2H])C([2H])([2H])C)c3C)C(=O)N4)cs2)c([2H])c1[2H]. The molecule has 4 aromatic rings. The summed E-state index contributed by atoms with van der Waals surface area (Å²) in [6.45, 7) is -6.69. The molecule has 0 aliphatic carbocycles. The Labute approximate surface area is 259 Å². The minimum Gasteiger partial charge on any atom is -0.358 e. The summed E-state index contributed by atoms with van der Waals surface area (Å²) in [7, 11) is 0. The van der Waals surface area contributed by atoms with Gasteiger partial charge in [0.2, 0.25) is 0 Å². The third kappa shape index (κ3) is 5.64. The number of carbonyl (C=O) groups excluding carboxylic acids is 2. The summed E-state index contributed by atoms with van der Waals surface area (Å²) < 4.78 is 112. The van der Waals surface area contributed by atoms with E-state index in [0.717, 1.165) is 18.3 Å². The van der Waals surface area contributed by atoms with Gasteiger partial charge in [-0.15, -0.1) is 11.3 Å². The van der Waals surface area contributed by atoms with E-state index in [-0.39, 0.29) is 38.7 Å². The molecular weight excluding hydrogens is 518 g/mol. The van der Waals surface area contributed by atoms with Gasteiger partial charge >= 0.3 is 0 Å². The first kappa shape index (κ1) is 15.1. The van der Waals surface area contributed by atoms with Crippen molar-refractivity contribution in [3.63, 3.8) is 0 Å². The molecule has 206 valence electrons. The lowest BCUT2D eigenvalue weighted by atomic mass is 10.0. The van der Waals surface area contributed by atoms with Gasteiger partial charge in [0, 0.05) is 64.6 Å². The van der Waals surface area contributed by atoms with Crippen LogP contribution < -0.4 is 10.6 Å². The van der Waals surface area contributed by atoms with Crippen molar-refractivity contribution in [1.29, 1.82) is 0 Å². The van der Waals surface area contributed by atoms with Crippen molar-refractivity contribution in [3.8, 4) is 21.8 Å². The minimum absolute atomic E-state index is 0.0216. The van der Waals surface area contributed by atoms with Crippen LogP contribution in [0.4, 0.5) is 5.69 Å². The molecule has 0 radical (unpaired) electrons. The topological polar surface area (TPSA) is 90.1 Å². The zero-order valence-corrected chi connectivity index (χ0v) is 22.7. The molecule has 1 aliphatic rings. The van der Waals surface area contributed by atoms with Crippen LogP contribution in [-0.4, -0.2) is 52.8 Å². The number of nitrogens with zero attached hydrogens (tertiary/aromatic N) is 2. The van der Waals surface area contributed by atoms with E-state index in [4.69, 9.17) is 19.2 Å². The first-order valence-corrected chi connectivity index (χ1v) is 13.1. The van der Waals surface area contributed by atoms with Crippen molar-refractivity contribution < 1.29 is 28.8 Å². The maximum absolute atomic E-state index is 13.4. The van der Waals surface area contributed by atoms with E-state index in [9.17, 15) is 9.59 Å². The quantitative estimate of drug-likeness (QED) is 0.194. The third-order valence-corrected chi connectivity index (χ3v) is 7.17. The van der Waals surface area contributed by atoms with Gasteiger partial charge in [-0.3, -0.25) is 9.59 Å². The summed E-state index contributed by atoms with van der Waals surface area (Å²) in [5.74, 6) is -1.08. The van der Waals surface area contributed by atoms with Gasteiger partial charge in [-0.05, 0) is 57.0 Å². The number of aromatic nitrogens is 2. The number of fused-ring (bicyclic) bond motifs is 1. The van der Waals surface area contributed by atoms with E-state index >= 15 is 0 Å². The van der Waals surface area contributed by atoms with Gasteiger partial charge < -0.3 is 20.5 Å². The number of aryl methyl sites for hydroxylation is 1. The summed E-state index contributed by atoms with van der Waals surface area (Å²) >= 11 is 1.11. The molecule has 3 heterocycles. The van der Waals surface area contributed by atoms with Crippen LogP contribution in [0.2, 0.25) is 0 Å². The lowest BCUT2D eigenvalue weighted by molar-refractivity contribution is -0.110. The molecule has 0 saturated carbocycles. The molecule has 0 bridgehead atoms. The Kier molecular flexibility index (Phi) is 4.54. The number of hydrogen-bond acceptors (Lipinski definition) is 5. The number of anilines is 1. The highest BCUT2D eigenvalue weighted by molar-refractivity contribution is 7.13. The lowest BCUT2D eigenvalue weighted by Crippen LogP contribution is -2.35. The number of aromatic amines is 1. The van der Waals surface area contributed by atoms with E-state index in [0.29, 0.717) is 39.5 Å². The van der Waals surface area contributed by atoms with Crippen LogP contribution in [-0.2, 0) is 4.79 Å². The van der Waals surface area contributed by atoms with Crippen molar-refractivity contribution in [1.82, 2.24) is 20.2 Å². The Bertz CT molecular complexity index is 2150. The van der Waals surface area contributed by atoms with Gasteiger partial charge in [-0.2, -0.15) is 0 Å². The highest BCUT2D eigenvalue weighted by Crippen LogP contribution is 2.38. The van der Waals surface area contributed by atoms with Gasteiger partial charge in [0.25, 0.3) is 11.8 Å². The number of likely N-dealkylation sites (N-methyl/N-ethyl adjacent to an activating group) is 1. The molecule has 2 amide bonds. The molecular formula is C32H35N5O2S. The Morgan fingerprint density at radius 3 is 2.85 bits per heavy atom. The fraction of sp³-hybridized carbons (Fsp3) is 0.281. The second-order valence-electron chi connectivity index (χ2n) is 8.86. The van der Waals surface area contributed by atoms with Crippen molar-refractivity contribution >= 4 is 40.5 Å².